The molecule has 2 aromatic carbocycles. The molecule has 0 aromatic heterocycles. The van der Waals surface area contributed by atoms with E-state index in [-0.39, 0.29) is 22.6 Å². The van der Waals surface area contributed by atoms with Gasteiger partial charge in [0.05, 0.1) is 18.4 Å². The molecule has 132 valence electrons. The Morgan fingerprint density at radius 3 is 2.68 bits per heavy atom. The van der Waals surface area contributed by atoms with Gasteiger partial charge in [-0.15, -0.1) is 5.23 Å². The van der Waals surface area contributed by atoms with Gasteiger partial charge in [-0.2, -0.15) is 0 Å². The van der Waals surface area contributed by atoms with E-state index in [2.05, 4.69) is 0 Å². The number of rotatable bonds is 5. The van der Waals surface area contributed by atoms with Gasteiger partial charge in [0.2, 0.25) is 5.91 Å². The van der Waals surface area contributed by atoms with Gasteiger partial charge in [-0.25, -0.2) is 0 Å². The monoisotopic (exact) mass is 344 g/mol. The highest BCUT2D eigenvalue weighted by Gasteiger charge is 2.23. The third-order valence-electron chi connectivity index (χ3n) is 4.32. The molecule has 1 fully saturated rings. The average Bonchev–Trinajstić information content (AvgIpc) is 3.01. The summed E-state index contributed by atoms with van der Waals surface area (Å²) in [5, 5.41) is 28.8. The van der Waals surface area contributed by atoms with E-state index in [0.29, 0.717) is 36.4 Å². The Bertz CT molecular complexity index is 791. The van der Waals surface area contributed by atoms with E-state index in [1.165, 1.54) is 19.2 Å². The summed E-state index contributed by atoms with van der Waals surface area (Å²) in [5.74, 6) is 0.571. The number of aromatic hydroxyl groups is 1. The van der Waals surface area contributed by atoms with Crippen LogP contribution in [0.4, 0.5) is 5.69 Å². The summed E-state index contributed by atoms with van der Waals surface area (Å²) in [6.45, 7) is 1.11. The molecule has 0 spiro atoms. The molecule has 0 unspecified atom stereocenters. The predicted octanol–water partition coefficient (Wildman–Crippen LogP) is 2.78. The second kappa shape index (κ2) is 7.00. The molecule has 0 aliphatic carbocycles. The van der Waals surface area contributed by atoms with Crippen LogP contribution in [-0.4, -0.2) is 40.0 Å². The van der Waals surface area contributed by atoms with Gasteiger partial charge in [0.15, 0.2) is 0 Å². The quantitative estimate of drug-likeness (QED) is 0.722. The van der Waals surface area contributed by atoms with Gasteiger partial charge in [-0.05, 0) is 36.2 Å². The standard InChI is InChI=1S/C18H20N2O5/c1-25-18-13(11-19-9-3-6-16(19)22)7-8-15(21)17(18)12-4-2-5-14(10-12)20(23)24/h2,4-5,7-8,10,21,23-24H,3,6,9,11H2,1H3. The van der Waals surface area contributed by atoms with Crippen molar-refractivity contribution in [3.8, 4) is 22.6 Å². The maximum absolute atomic E-state index is 11.9. The van der Waals surface area contributed by atoms with Gasteiger partial charge in [-0.1, -0.05) is 12.1 Å². The van der Waals surface area contributed by atoms with Crippen LogP contribution < -0.4 is 9.96 Å². The van der Waals surface area contributed by atoms with Crippen LogP contribution in [0, 0.1) is 0 Å². The van der Waals surface area contributed by atoms with Crippen LogP contribution in [0.2, 0.25) is 0 Å². The van der Waals surface area contributed by atoms with E-state index < -0.39 is 0 Å². The molecule has 1 heterocycles. The van der Waals surface area contributed by atoms with Crippen LogP contribution in [-0.2, 0) is 11.3 Å². The Labute approximate surface area is 145 Å². The average molecular weight is 344 g/mol. The van der Waals surface area contributed by atoms with Crippen molar-refractivity contribution >= 4 is 11.6 Å². The summed E-state index contributed by atoms with van der Waals surface area (Å²) in [5.41, 5.74) is 1.93. The Morgan fingerprint density at radius 1 is 1.24 bits per heavy atom. The number of hydrogen-bond donors (Lipinski definition) is 3. The number of hydrogen-bond acceptors (Lipinski definition) is 6. The van der Waals surface area contributed by atoms with Crippen LogP contribution >= 0.6 is 0 Å². The highest BCUT2D eigenvalue weighted by molar-refractivity contribution is 5.81. The maximum atomic E-state index is 11.9. The van der Waals surface area contributed by atoms with E-state index in [9.17, 15) is 20.3 Å². The van der Waals surface area contributed by atoms with Gasteiger partial charge in [-0.3, -0.25) is 15.2 Å². The first-order chi connectivity index (χ1) is 12.0. The second-order valence-electron chi connectivity index (χ2n) is 5.91. The fourth-order valence-electron chi connectivity index (χ4n) is 3.11. The minimum atomic E-state index is 0.00734. The Kier molecular flexibility index (Phi) is 4.78. The molecule has 1 aliphatic heterocycles. The summed E-state index contributed by atoms with van der Waals surface area (Å²) < 4.78 is 5.52. The van der Waals surface area contributed by atoms with Crippen molar-refractivity contribution in [2.45, 2.75) is 19.4 Å². The third kappa shape index (κ3) is 3.38. The van der Waals surface area contributed by atoms with E-state index in [1.54, 1.807) is 29.2 Å². The maximum Gasteiger partial charge on any atom is 0.222 e. The smallest absolute Gasteiger partial charge is 0.222 e. The molecule has 0 radical (unpaired) electrons. The summed E-state index contributed by atoms with van der Waals surface area (Å²) in [4.78, 5) is 13.7. The Morgan fingerprint density at radius 2 is 2.04 bits per heavy atom. The van der Waals surface area contributed by atoms with E-state index in [1.807, 2.05) is 0 Å². The summed E-state index contributed by atoms with van der Waals surface area (Å²) in [6, 6.07) is 9.69. The number of methoxy groups -OCH3 is 1. The summed E-state index contributed by atoms with van der Waals surface area (Å²) in [6.07, 6.45) is 1.40. The lowest BCUT2D eigenvalue weighted by molar-refractivity contribution is -0.128. The molecule has 0 bridgehead atoms. The SMILES string of the molecule is COc1c(CN2CCCC2=O)ccc(O)c1-c1cccc(N(O)O)c1. The number of phenolic OH excluding ortho intramolecular Hbond substituents is 1. The van der Waals surface area contributed by atoms with Gasteiger partial charge in [0, 0.05) is 25.1 Å². The third-order valence-corrected chi connectivity index (χ3v) is 4.32. The zero-order valence-corrected chi connectivity index (χ0v) is 13.8. The van der Waals surface area contributed by atoms with Gasteiger partial charge in [0.25, 0.3) is 0 Å². The first-order valence-corrected chi connectivity index (χ1v) is 7.96. The highest BCUT2D eigenvalue weighted by atomic mass is 16.8. The molecule has 7 heteroatoms. The Balaban J connectivity index is 2.05. The number of carbonyl (C=O) groups is 1. The summed E-state index contributed by atoms with van der Waals surface area (Å²) >= 11 is 0. The molecule has 0 saturated carbocycles. The number of amides is 1. The molecular formula is C18H20N2O5. The van der Waals surface area contributed by atoms with Gasteiger partial charge in [0.1, 0.15) is 11.5 Å². The van der Waals surface area contributed by atoms with Crippen LogP contribution in [0.25, 0.3) is 11.1 Å². The Hall–Kier alpha value is -2.77. The first kappa shape index (κ1) is 17.1. The van der Waals surface area contributed by atoms with Crippen molar-refractivity contribution in [3.05, 3.63) is 42.0 Å². The number of anilines is 1. The fraction of sp³-hybridized carbons (Fsp3) is 0.278. The van der Waals surface area contributed by atoms with Gasteiger partial charge >= 0.3 is 0 Å². The van der Waals surface area contributed by atoms with E-state index >= 15 is 0 Å². The second-order valence-corrected chi connectivity index (χ2v) is 5.91. The zero-order valence-electron chi connectivity index (χ0n) is 13.8. The van der Waals surface area contributed by atoms with Crippen molar-refractivity contribution < 1.29 is 25.1 Å². The molecular weight excluding hydrogens is 324 g/mol. The molecule has 1 saturated heterocycles. The number of ether oxygens (including phenoxy) is 1. The van der Waals surface area contributed by atoms with Crippen molar-refractivity contribution in [2.24, 2.45) is 0 Å². The van der Waals surface area contributed by atoms with E-state index in [0.717, 1.165) is 12.0 Å². The van der Waals surface area contributed by atoms with Crippen molar-refractivity contribution in [3.63, 3.8) is 0 Å². The first-order valence-electron chi connectivity index (χ1n) is 7.96. The zero-order chi connectivity index (χ0) is 18.0. The minimum absolute atomic E-state index is 0.00734. The molecule has 3 N–H and O–H groups in total. The lowest BCUT2D eigenvalue weighted by Gasteiger charge is -2.20. The van der Waals surface area contributed by atoms with Crippen LogP contribution in [0.3, 0.4) is 0 Å². The molecule has 1 amide bonds. The fourth-order valence-corrected chi connectivity index (χ4v) is 3.11. The summed E-state index contributed by atoms with van der Waals surface area (Å²) in [7, 11) is 1.50. The van der Waals surface area contributed by atoms with Crippen molar-refractivity contribution in [2.75, 3.05) is 18.9 Å². The van der Waals surface area contributed by atoms with E-state index in [4.69, 9.17) is 4.74 Å². The number of nitrogens with zero attached hydrogens (tertiary/aromatic N) is 2. The lowest BCUT2D eigenvalue weighted by Crippen LogP contribution is -2.24. The molecule has 3 rings (SSSR count). The minimum Gasteiger partial charge on any atom is -0.507 e. The number of benzene rings is 2. The largest absolute Gasteiger partial charge is 0.507 e. The van der Waals surface area contributed by atoms with Crippen LogP contribution in [0.5, 0.6) is 11.5 Å². The molecule has 25 heavy (non-hydrogen) atoms. The van der Waals surface area contributed by atoms with Gasteiger partial charge < -0.3 is 14.7 Å². The molecule has 1 aliphatic rings. The lowest BCUT2D eigenvalue weighted by atomic mass is 9.99. The molecule has 2 aromatic rings. The number of carbonyl (C=O) groups excluding carboxylic acids is 1. The van der Waals surface area contributed by atoms with Crippen LogP contribution in [0.1, 0.15) is 18.4 Å². The molecule has 7 nitrogen and oxygen atoms in total. The number of likely N-dealkylation sites (tertiary alicyclic amines) is 1. The normalized spacial score (nSPS) is 14.0. The topological polar surface area (TPSA) is 93.5 Å². The predicted molar refractivity (Wildman–Crippen MR) is 90.8 cm³/mol. The van der Waals surface area contributed by atoms with Crippen molar-refractivity contribution in [1.29, 1.82) is 0 Å². The molecule has 0 atom stereocenters. The highest BCUT2D eigenvalue weighted by Crippen LogP contribution is 2.41. The number of phenols is 1. The van der Waals surface area contributed by atoms with Crippen LogP contribution in [0.15, 0.2) is 36.4 Å². The van der Waals surface area contributed by atoms with Crippen molar-refractivity contribution in [1.82, 2.24) is 4.90 Å².